The van der Waals surface area contributed by atoms with Gasteiger partial charge in [-0.1, -0.05) is 17.7 Å². The van der Waals surface area contributed by atoms with E-state index in [-0.39, 0.29) is 42.6 Å². The van der Waals surface area contributed by atoms with Crippen molar-refractivity contribution in [2.45, 2.75) is 25.5 Å². The van der Waals surface area contributed by atoms with Gasteiger partial charge in [-0.05, 0) is 25.0 Å². The average molecular weight is 443 g/mol. The first kappa shape index (κ1) is 24.4. The van der Waals surface area contributed by atoms with Gasteiger partial charge >= 0.3 is 0 Å². The number of halogens is 4. The number of amides is 1. The zero-order valence-electron chi connectivity index (χ0n) is 15.2. The minimum absolute atomic E-state index is 0. The Kier molecular flexibility index (Phi) is 10.9. The van der Waals surface area contributed by atoms with Gasteiger partial charge in [-0.25, -0.2) is 4.39 Å². The monoisotopic (exact) mass is 441 g/mol. The quantitative estimate of drug-likeness (QED) is 0.736. The first-order valence-corrected chi connectivity index (χ1v) is 9.26. The fourth-order valence-corrected chi connectivity index (χ4v) is 3.54. The summed E-state index contributed by atoms with van der Waals surface area (Å²) < 4.78 is 19.4. The van der Waals surface area contributed by atoms with Crippen molar-refractivity contribution in [1.29, 1.82) is 0 Å². The van der Waals surface area contributed by atoms with Crippen LogP contribution in [0.15, 0.2) is 18.2 Å². The van der Waals surface area contributed by atoms with Gasteiger partial charge in [-0.3, -0.25) is 9.69 Å². The Bertz CT molecular complexity index is 575. The van der Waals surface area contributed by atoms with E-state index in [1.54, 1.807) is 12.1 Å². The maximum atomic E-state index is 13.9. The number of rotatable bonds is 6. The third kappa shape index (κ3) is 7.04. The molecule has 2 heterocycles. The number of benzene rings is 1. The minimum Gasteiger partial charge on any atom is -0.377 e. The van der Waals surface area contributed by atoms with Crippen molar-refractivity contribution in [3.8, 4) is 0 Å². The second-order valence-corrected chi connectivity index (χ2v) is 7.03. The number of nitrogens with one attached hydrogen (secondary N) is 1. The number of hydrogen-bond donors (Lipinski definition) is 1. The predicted molar refractivity (Wildman–Crippen MR) is 110 cm³/mol. The van der Waals surface area contributed by atoms with Crippen LogP contribution in [0.25, 0.3) is 0 Å². The SMILES string of the molecule is Cl.Cl.O=C(CNCC1CCCO1)N1CCN(Cc2c(F)cccc2Cl)CC1. The summed E-state index contributed by atoms with van der Waals surface area (Å²) in [7, 11) is 0. The van der Waals surface area contributed by atoms with Crippen molar-refractivity contribution >= 4 is 42.3 Å². The van der Waals surface area contributed by atoms with E-state index < -0.39 is 0 Å². The minimum atomic E-state index is -0.274. The second-order valence-electron chi connectivity index (χ2n) is 6.62. The summed E-state index contributed by atoms with van der Waals surface area (Å²) in [6, 6.07) is 4.75. The van der Waals surface area contributed by atoms with E-state index in [1.165, 1.54) is 6.07 Å². The number of nitrogens with zero attached hydrogens (tertiary/aromatic N) is 2. The van der Waals surface area contributed by atoms with Crippen LogP contribution in [0.1, 0.15) is 18.4 Å². The van der Waals surface area contributed by atoms with E-state index >= 15 is 0 Å². The van der Waals surface area contributed by atoms with Gasteiger partial charge in [0, 0.05) is 56.5 Å². The molecule has 9 heteroatoms. The lowest BCUT2D eigenvalue weighted by Gasteiger charge is -2.35. The van der Waals surface area contributed by atoms with Crippen molar-refractivity contribution in [3.05, 3.63) is 34.6 Å². The summed E-state index contributed by atoms with van der Waals surface area (Å²) in [6.07, 6.45) is 2.42. The maximum Gasteiger partial charge on any atom is 0.236 e. The van der Waals surface area contributed by atoms with Crippen molar-refractivity contribution in [2.75, 3.05) is 45.9 Å². The average Bonchev–Trinajstić information content (AvgIpc) is 3.12. The van der Waals surface area contributed by atoms with E-state index in [0.29, 0.717) is 36.8 Å². The topological polar surface area (TPSA) is 44.8 Å². The molecule has 1 N–H and O–H groups in total. The van der Waals surface area contributed by atoms with Crippen LogP contribution >= 0.6 is 36.4 Å². The van der Waals surface area contributed by atoms with Crippen LogP contribution < -0.4 is 5.32 Å². The third-order valence-corrected chi connectivity index (χ3v) is 5.19. The molecule has 2 saturated heterocycles. The van der Waals surface area contributed by atoms with Crippen LogP contribution in [-0.2, 0) is 16.1 Å². The summed E-state index contributed by atoms with van der Waals surface area (Å²) in [4.78, 5) is 16.3. The lowest BCUT2D eigenvalue weighted by atomic mass is 10.2. The molecule has 3 rings (SSSR count). The number of hydrogen-bond acceptors (Lipinski definition) is 4. The summed E-state index contributed by atoms with van der Waals surface area (Å²) in [6.45, 7) is 5.15. The smallest absolute Gasteiger partial charge is 0.236 e. The molecule has 2 aliphatic rings. The zero-order valence-corrected chi connectivity index (χ0v) is 17.6. The first-order chi connectivity index (χ1) is 12.1. The molecule has 1 aromatic rings. The van der Waals surface area contributed by atoms with E-state index in [1.807, 2.05) is 4.90 Å². The molecule has 2 fully saturated rings. The van der Waals surface area contributed by atoms with Gasteiger partial charge in [-0.2, -0.15) is 0 Å². The van der Waals surface area contributed by atoms with Crippen LogP contribution in [0, 0.1) is 5.82 Å². The molecule has 0 saturated carbocycles. The van der Waals surface area contributed by atoms with Crippen molar-refractivity contribution in [2.24, 2.45) is 0 Å². The molecule has 0 bridgehead atoms. The molecule has 154 valence electrons. The Labute approximate surface area is 177 Å². The van der Waals surface area contributed by atoms with Crippen LogP contribution in [0.4, 0.5) is 4.39 Å². The number of piperazine rings is 1. The second kappa shape index (κ2) is 12.0. The fourth-order valence-electron chi connectivity index (χ4n) is 3.32. The third-order valence-electron chi connectivity index (χ3n) is 4.84. The van der Waals surface area contributed by atoms with Crippen molar-refractivity contribution in [1.82, 2.24) is 15.1 Å². The van der Waals surface area contributed by atoms with Gasteiger partial charge in [0.1, 0.15) is 5.82 Å². The van der Waals surface area contributed by atoms with Crippen LogP contribution in [0.3, 0.4) is 0 Å². The molecule has 0 radical (unpaired) electrons. The number of carbonyl (C=O) groups is 1. The van der Waals surface area contributed by atoms with Crippen LogP contribution in [-0.4, -0.2) is 67.7 Å². The van der Waals surface area contributed by atoms with E-state index in [2.05, 4.69) is 10.2 Å². The highest BCUT2D eigenvalue weighted by Crippen LogP contribution is 2.21. The van der Waals surface area contributed by atoms with Crippen molar-refractivity contribution < 1.29 is 13.9 Å². The van der Waals surface area contributed by atoms with Crippen LogP contribution in [0.5, 0.6) is 0 Å². The Morgan fingerprint density at radius 3 is 2.63 bits per heavy atom. The van der Waals surface area contributed by atoms with E-state index in [0.717, 1.165) is 39.1 Å². The Morgan fingerprint density at radius 2 is 2.00 bits per heavy atom. The van der Waals surface area contributed by atoms with Crippen LogP contribution in [0.2, 0.25) is 5.02 Å². The van der Waals surface area contributed by atoms with E-state index in [9.17, 15) is 9.18 Å². The summed E-state index contributed by atoms with van der Waals surface area (Å²) >= 11 is 6.09. The summed E-state index contributed by atoms with van der Waals surface area (Å²) in [5, 5.41) is 3.65. The van der Waals surface area contributed by atoms with Crippen molar-refractivity contribution in [3.63, 3.8) is 0 Å². The summed E-state index contributed by atoms with van der Waals surface area (Å²) in [5.41, 5.74) is 0.530. The summed E-state index contributed by atoms with van der Waals surface area (Å²) in [5.74, 6) is -0.161. The molecule has 1 amide bonds. The van der Waals surface area contributed by atoms with Gasteiger partial charge in [0.25, 0.3) is 0 Å². The Balaban J connectivity index is 0.00000182. The van der Waals surface area contributed by atoms with E-state index in [4.69, 9.17) is 16.3 Å². The highest BCUT2D eigenvalue weighted by atomic mass is 35.5. The lowest BCUT2D eigenvalue weighted by Crippen LogP contribution is -2.50. The standard InChI is InChI=1S/C18H25ClFN3O2.2ClH/c19-16-4-1-5-17(20)15(16)13-22-6-8-23(9-7-22)18(24)12-21-11-14-3-2-10-25-14;;/h1,4-5,14,21H,2-3,6-13H2;2*1H. The molecular weight excluding hydrogens is 416 g/mol. The number of carbonyl (C=O) groups excluding carboxylic acids is 1. The van der Waals surface area contributed by atoms with Gasteiger partial charge in [0.2, 0.25) is 5.91 Å². The molecule has 1 aromatic carbocycles. The Morgan fingerprint density at radius 1 is 1.26 bits per heavy atom. The predicted octanol–water partition coefficient (Wildman–Crippen LogP) is 2.74. The zero-order chi connectivity index (χ0) is 17.6. The van der Waals surface area contributed by atoms with Gasteiger partial charge in [-0.15, -0.1) is 24.8 Å². The molecule has 0 spiro atoms. The molecular formula is C18H27Cl3FN3O2. The highest BCUT2D eigenvalue weighted by molar-refractivity contribution is 6.31. The fraction of sp³-hybridized carbons (Fsp3) is 0.611. The normalized spacial score (nSPS) is 20.1. The molecule has 0 aromatic heterocycles. The molecule has 5 nitrogen and oxygen atoms in total. The molecule has 1 atom stereocenters. The lowest BCUT2D eigenvalue weighted by molar-refractivity contribution is -0.132. The van der Waals surface area contributed by atoms with Gasteiger partial charge < -0.3 is 15.0 Å². The molecule has 2 aliphatic heterocycles. The largest absolute Gasteiger partial charge is 0.377 e. The number of ether oxygens (including phenoxy) is 1. The van der Waals surface area contributed by atoms with Gasteiger partial charge in [0.05, 0.1) is 12.6 Å². The molecule has 27 heavy (non-hydrogen) atoms. The Hall–Kier alpha value is -0.630. The van der Waals surface area contributed by atoms with Gasteiger partial charge in [0.15, 0.2) is 0 Å². The molecule has 1 unspecified atom stereocenters. The maximum absolute atomic E-state index is 13.9. The molecule has 0 aliphatic carbocycles. The highest BCUT2D eigenvalue weighted by Gasteiger charge is 2.23. The first-order valence-electron chi connectivity index (χ1n) is 8.89.